The Morgan fingerprint density at radius 2 is 2.21 bits per heavy atom. The molecule has 2 nitrogen and oxygen atoms in total. The molecule has 0 fully saturated rings. The molecule has 4 heteroatoms. The lowest BCUT2D eigenvalue weighted by Gasteiger charge is -2.00. The molecule has 0 aliphatic heterocycles. The van der Waals surface area contributed by atoms with Crippen molar-refractivity contribution >= 4 is 23.6 Å². The van der Waals surface area contributed by atoms with Crippen molar-refractivity contribution in [3.63, 3.8) is 0 Å². The SMILES string of the molecule is Cc1cc(/C=C/C(=O)O)cc(Cl)c1F. The summed E-state index contributed by atoms with van der Waals surface area (Å²) in [6, 6.07) is 2.91. The lowest BCUT2D eigenvalue weighted by molar-refractivity contribution is -0.131. The summed E-state index contributed by atoms with van der Waals surface area (Å²) in [7, 11) is 0. The number of carbonyl (C=O) groups is 1. The maximum atomic E-state index is 13.0. The van der Waals surface area contributed by atoms with E-state index < -0.39 is 11.8 Å². The smallest absolute Gasteiger partial charge is 0.328 e. The van der Waals surface area contributed by atoms with Crippen molar-refractivity contribution in [3.05, 3.63) is 40.2 Å². The third kappa shape index (κ3) is 2.57. The molecule has 1 aromatic rings. The third-order valence-corrected chi connectivity index (χ3v) is 1.93. The Balaban J connectivity index is 3.07. The summed E-state index contributed by atoms with van der Waals surface area (Å²) in [5.41, 5.74) is 0.957. The molecule has 0 aromatic heterocycles. The van der Waals surface area contributed by atoms with Gasteiger partial charge >= 0.3 is 5.97 Å². The van der Waals surface area contributed by atoms with Gasteiger partial charge in [0.25, 0.3) is 0 Å². The molecule has 1 rings (SSSR count). The minimum Gasteiger partial charge on any atom is -0.478 e. The van der Waals surface area contributed by atoms with Crippen LogP contribution in [0, 0.1) is 12.7 Å². The Kier molecular flexibility index (Phi) is 3.25. The fraction of sp³-hybridized carbons (Fsp3) is 0.100. The van der Waals surface area contributed by atoms with Crippen molar-refractivity contribution in [1.29, 1.82) is 0 Å². The summed E-state index contributed by atoms with van der Waals surface area (Å²) >= 11 is 5.58. The molecule has 1 aromatic carbocycles. The predicted octanol–water partition coefficient (Wildman–Crippen LogP) is 2.89. The number of aryl methyl sites for hydroxylation is 1. The van der Waals surface area contributed by atoms with Crippen LogP contribution >= 0.6 is 11.6 Å². The highest BCUT2D eigenvalue weighted by atomic mass is 35.5. The molecule has 0 bridgehead atoms. The Labute approximate surface area is 85.6 Å². The molecular formula is C10H8ClFO2. The number of carboxylic acid groups (broad SMARTS) is 1. The second-order valence-corrected chi connectivity index (χ2v) is 3.21. The Bertz CT molecular complexity index is 376. The molecule has 1 N–H and O–H groups in total. The van der Waals surface area contributed by atoms with Gasteiger partial charge in [-0.05, 0) is 36.3 Å². The zero-order chi connectivity index (χ0) is 10.7. The average molecular weight is 215 g/mol. The van der Waals surface area contributed by atoms with Crippen LogP contribution in [-0.2, 0) is 4.79 Å². The van der Waals surface area contributed by atoms with Gasteiger partial charge in [-0.3, -0.25) is 0 Å². The van der Waals surface area contributed by atoms with Crippen LogP contribution < -0.4 is 0 Å². The van der Waals surface area contributed by atoms with Gasteiger partial charge in [-0.15, -0.1) is 0 Å². The third-order valence-electron chi connectivity index (χ3n) is 1.65. The van der Waals surface area contributed by atoms with Gasteiger partial charge in [-0.2, -0.15) is 0 Å². The monoisotopic (exact) mass is 214 g/mol. The highest BCUT2D eigenvalue weighted by molar-refractivity contribution is 6.31. The first-order valence-electron chi connectivity index (χ1n) is 3.87. The summed E-state index contributed by atoms with van der Waals surface area (Å²) in [5.74, 6) is -1.53. The molecule has 0 amide bonds. The summed E-state index contributed by atoms with van der Waals surface area (Å²) in [4.78, 5) is 10.2. The molecule has 14 heavy (non-hydrogen) atoms. The second kappa shape index (κ2) is 4.24. The second-order valence-electron chi connectivity index (χ2n) is 2.81. The zero-order valence-corrected chi connectivity index (χ0v) is 8.18. The molecule has 0 atom stereocenters. The number of halogens is 2. The molecular weight excluding hydrogens is 207 g/mol. The van der Waals surface area contributed by atoms with Crippen LogP contribution in [0.25, 0.3) is 6.08 Å². The van der Waals surface area contributed by atoms with E-state index in [2.05, 4.69) is 0 Å². The highest BCUT2D eigenvalue weighted by Gasteiger charge is 2.04. The molecule has 0 unspecified atom stereocenters. The topological polar surface area (TPSA) is 37.3 Å². The Hall–Kier alpha value is -1.35. The van der Waals surface area contributed by atoms with E-state index in [4.69, 9.17) is 16.7 Å². The lowest BCUT2D eigenvalue weighted by atomic mass is 10.1. The van der Waals surface area contributed by atoms with Crippen LogP contribution in [-0.4, -0.2) is 11.1 Å². The van der Waals surface area contributed by atoms with Gasteiger partial charge in [-0.25, -0.2) is 9.18 Å². The van der Waals surface area contributed by atoms with Crippen molar-refractivity contribution in [3.8, 4) is 0 Å². The van der Waals surface area contributed by atoms with Gasteiger partial charge in [0.1, 0.15) is 5.82 Å². The van der Waals surface area contributed by atoms with E-state index in [0.29, 0.717) is 11.1 Å². The number of hydrogen-bond donors (Lipinski definition) is 1. The van der Waals surface area contributed by atoms with E-state index in [-0.39, 0.29) is 5.02 Å². The number of rotatable bonds is 2. The van der Waals surface area contributed by atoms with Gasteiger partial charge in [0.05, 0.1) is 5.02 Å². The summed E-state index contributed by atoms with van der Waals surface area (Å²) in [5, 5.41) is 8.37. The number of hydrogen-bond acceptors (Lipinski definition) is 1. The van der Waals surface area contributed by atoms with Gasteiger partial charge < -0.3 is 5.11 Å². The number of benzene rings is 1. The average Bonchev–Trinajstić information content (AvgIpc) is 2.10. The van der Waals surface area contributed by atoms with E-state index in [0.717, 1.165) is 6.08 Å². The van der Waals surface area contributed by atoms with Crippen LogP contribution in [0.5, 0.6) is 0 Å². The van der Waals surface area contributed by atoms with Crippen molar-refractivity contribution in [2.75, 3.05) is 0 Å². The van der Waals surface area contributed by atoms with Crippen LogP contribution in [0.2, 0.25) is 5.02 Å². The first-order valence-corrected chi connectivity index (χ1v) is 4.25. The maximum Gasteiger partial charge on any atom is 0.328 e. The van der Waals surface area contributed by atoms with E-state index in [1.807, 2.05) is 0 Å². The van der Waals surface area contributed by atoms with E-state index >= 15 is 0 Å². The van der Waals surface area contributed by atoms with Crippen LogP contribution in [0.4, 0.5) is 4.39 Å². The van der Waals surface area contributed by atoms with Crippen molar-refractivity contribution < 1.29 is 14.3 Å². The molecule has 0 radical (unpaired) electrons. The van der Waals surface area contributed by atoms with E-state index in [1.165, 1.54) is 18.2 Å². The van der Waals surface area contributed by atoms with Gasteiger partial charge in [0.2, 0.25) is 0 Å². The minimum absolute atomic E-state index is 0.00459. The number of aliphatic carboxylic acids is 1. The quantitative estimate of drug-likeness (QED) is 0.769. The normalized spacial score (nSPS) is 10.8. The molecule has 0 heterocycles. The fourth-order valence-electron chi connectivity index (χ4n) is 1.02. The number of carboxylic acids is 1. The predicted molar refractivity (Wildman–Crippen MR) is 52.8 cm³/mol. The van der Waals surface area contributed by atoms with Crippen LogP contribution in [0.3, 0.4) is 0 Å². The first-order chi connectivity index (χ1) is 6.50. The standard InChI is InChI=1S/C10H8ClFO2/c1-6-4-7(2-3-9(13)14)5-8(11)10(6)12/h2-5H,1H3,(H,13,14)/b3-2+. The first kappa shape index (κ1) is 10.7. The molecule has 0 aliphatic carbocycles. The van der Waals surface area contributed by atoms with Crippen molar-refractivity contribution in [2.45, 2.75) is 6.92 Å². The molecule has 0 spiro atoms. The van der Waals surface area contributed by atoms with Gasteiger partial charge in [-0.1, -0.05) is 11.6 Å². The summed E-state index contributed by atoms with van der Waals surface area (Å²) in [6.07, 6.45) is 2.34. The lowest BCUT2D eigenvalue weighted by Crippen LogP contribution is -1.88. The Morgan fingerprint density at radius 3 is 2.71 bits per heavy atom. The summed E-state index contributed by atoms with van der Waals surface area (Å²) < 4.78 is 13.0. The van der Waals surface area contributed by atoms with Gasteiger partial charge in [0.15, 0.2) is 0 Å². The zero-order valence-electron chi connectivity index (χ0n) is 7.42. The molecule has 74 valence electrons. The largest absolute Gasteiger partial charge is 0.478 e. The van der Waals surface area contributed by atoms with Crippen LogP contribution in [0.15, 0.2) is 18.2 Å². The Morgan fingerprint density at radius 1 is 1.57 bits per heavy atom. The van der Waals surface area contributed by atoms with Crippen LogP contribution in [0.1, 0.15) is 11.1 Å². The summed E-state index contributed by atoms with van der Waals surface area (Å²) in [6.45, 7) is 1.57. The highest BCUT2D eigenvalue weighted by Crippen LogP contribution is 2.20. The minimum atomic E-state index is -1.05. The fourth-order valence-corrected chi connectivity index (χ4v) is 1.29. The van der Waals surface area contributed by atoms with E-state index in [1.54, 1.807) is 6.92 Å². The van der Waals surface area contributed by atoms with Gasteiger partial charge in [0, 0.05) is 6.08 Å². The molecule has 0 saturated carbocycles. The van der Waals surface area contributed by atoms with E-state index in [9.17, 15) is 9.18 Å². The molecule has 0 saturated heterocycles. The molecule has 0 aliphatic rings. The maximum absolute atomic E-state index is 13.0. The van der Waals surface area contributed by atoms with Crippen molar-refractivity contribution in [1.82, 2.24) is 0 Å². The van der Waals surface area contributed by atoms with Crippen molar-refractivity contribution in [2.24, 2.45) is 0 Å².